The summed E-state index contributed by atoms with van der Waals surface area (Å²) in [5.74, 6) is -0.457. The Kier molecular flexibility index (Phi) is 4.34. The van der Waals surface area contributed by atoms with Crippen LogP contribution in [0.2, 0.25) is 0 Å². The standard InChI is InChI=1S/C26H19NO2/c28-26(25(18-9-3-1-4-10-18)19-11-5-2-6-12-19)27-20-15-16-22-21-13-7-8-14-23(21)29-24(22)17-20/h1-17,25H,(H,27,28). The number of benzene rings is 4. The van der Waals surface area contributed by atoms with Gasteiger partial charge in [0.2, 0.25) is 5.91 Å². The maximum atomic E-state index is 13.3. The van der Waals surface area contributed by atoms with Crippen LogP contribution in [0.1, 0.15) is 17.0 Å². The molecule has 3 heteroatoms. The SMILES string of the molecule is O=C(Nc1ccc2c(c1)oc1ccccc12)C(c1ccccc1)c1ccccc1. The van der Waals surface area contributed by atoms with Crippen molar-refractivity contribution in [3.05, 3.63) is 114 Å². The molecular weight excluding hydrogens is 358 g/mol. The molecule has 29 heavy (non-hydrogen) atoms. The third-order valence-electron chi connectivity index (χ3n) is 5.17. The van der Waals surface area contributed by atoms with Gasteiger partial charge in [-0.2, -0.15) is 0 Å². The number of para-hydroxylation sites is 1. The van der Waals surface area contributed by atoms with Gasteiger partial charge < -0.3 is 9.73 Å². The van der Waals surface area contributed by atoms with E-state index < -0.39 is 0 Å². The van der Waals surface area contributed by atoms with E-state index in [4.69, 9.17) is 4.42 Å². The first-order valence-corrected chi connectivity index (χ1v) is 9.62. The van der Waals surface area contributed by atoms with Crippen molar-refractivity contribution in [3.63, 3.8) is 0 Å². The van der Waals surface area contributed by atoms with Crippen molar-refractivity contribution in [1.29, 1.82) is 0 Å². The van der Waals surface area contributed by atoms with E-state index in [0.29, 0.717) is 0 Å². The van der Waals surface area contributed by atoms with Crippen LogP contribution in [0.25, 0.3) is 21.9 Å². The highest BCUT2D eigenvalue weighted by atomic mass is 16.3. The molecule has 3 nitrogen and oxygen atoms in total. The quantitative estimate of drug-likeness (QED) is 0.396. The van der Waals surface area contributed by atoms with Gasteiger partial charge in [-0.1, -0.05) is 78.9 Å². The van der Waals surface area contributed by atoms with Gasteiger partial charge in [-0.15, -0.1) is 0 Å². The molecule has 0 unspecified atom stereocenters. The molecule has 140 valence electrons. The second kappa shape index (κ2) is 7.28. The predicted molar refractivity (Wildman–Crippen MR) is 117 cm³/mol. The fourth-order valence-corrected chi connectivity index (χ4v) is 3.80. The Hall–Kier alpha value is -3.85. The number of furan rings is 1. The number of fused-ring (bicyclic) bond motifs is 3. The highest BCUT2D eigenvalue weighted by Gasteiger charge is 2.23. The zero-order valence-corrected chi connectivity index (χ0v) is 15.7. The number of rotatable bonds is 4. The second-order valence-corrected chi connectivity index (χ2v) is 7.05. The van der Waals surface area contributed by atoms with Crippen LogP contribution >= 0.6 is 0 Å². The third kappa shape index (κ3) is 3.27. The van der Waals surface area contributed by atoms with Gasteiger partial charge in [-0.05, 0) is 29.3 Å². The smallest absolute Gasteiger partial charge is 0.236 e. The van der Waals surface area contributed by atoms with Gasteiger partial charge in [0.05, 0.1) is 5.92 Å². The summed E-state index contributed by atoms with van der Waals surface area (Å²) >= 11 is 0. The lowest BCUT2D eigenvalue weighted by Gasteiger charge is -2.18. The van der Waals surface area contributed by atoms with Crippen molar-refractivity contribution in [2.75, 3.05) is 5.32 Å². The molecule has 0 bridgehead atoms. The summed E-state index contributed by atoms with van der Waals surface area (Å²) < 4.78 is 5.95. The fraction of sp³-hybridized carbons (Fsp3) is 0.0385. The van der Waals surface area contributed by atoms with E-state index in [-0.39, 0.29) is 11.8 Å². The van der Waals surface area contributed by atoms with Gasteiger partial charge in [-0.3, -0.25) is 4.79 Å². The molecule has 1 heterocycles. The van der Waals surface area contributed by atoms with Gasteiger partial charge in [0, 0.05) is 22.5 Å². The molecular formula is C26H19NO2. The van der Waals surface area contributed by atoms with Gasteiger partial charge in [0.1, 0.15) is 11.2 Å². The highest BCUT2D eigenvalue weighted by Crippen LogP contribution is 2.31. The van der Waals surface area contributed by atoms with Gasteiger partial charge in [0.25, 0.3) is 0 Å². The average molecular weight is 377 g/mol. The third-order valence-corrected chi connectivity index (χ3v) is 5.17. The van der Waals surface area contributed by atoms with E-state index in [1.54, 1.807) is 0 Å². The number of nitrogens with one attached hydrogen (secondary N) is 1. The maximum absolute atomic E-state index is 13.3. The van der Waals surface area contributed by atoms with Crippen LogP contribution in [0.15, 0.2) is 108 Å². The van der Waals surface area contributed by atoms with Crippen molar-refractivity contribution in [3.8, 4) is 0 Å². The lowest BCUT2D eigenvalue weighted by molar-refractivity contribution is -0.116. The topological polar surface area (TPSA) is 42.2 Å². The molecule has 0 fully saturated rings. The van der Waals surface area contributed by atoms with Crippen LogP contribution in [0.4, 0.5) is 5.69 Å². The molecule has 0 spiro atoms. The van der Waals surface area contributed by atoms with Crippen LogP contribution in [-0.4, -0.2) is 5.91 Å². The largest absolute Gasteiger partial charge is 0.456 e. The van der Waals surface area contributed by atoms with Crippen molar-refractivity contribution >= 4 is 33.5 Å². The number of hydrogen-bond acceptors (Lipinski definition) is 2. The molecule has 1 amide bonds. The summed E-state index contributed by atoms with van der Waals surface area (Å²) in [6.07, 6.45) is 0. The van der Waals surface area contributed by atoms with Gasteiger partial charge in [0.15, 0.2) is 0 Å². The second-order valence-electron chi connectivity index (χ2n) is 7.05. The molecule has 0 saturated heterocycles. The number of hydrogen-bond donors (Lipinski definition) is 1. The monoisotopic (exact) mass is 377 g/mol. The van der Waals surface area contributed by atoms with E-state index in [1.165, 1.54) is 0 Å². The molecule has 5 rings (SSSR count). The van der Waals surface area contributed by atoms with Crippen molar-refractivity contribution in [1.82, 2.24) is 0 Å². The number of carbonyl (C=O) groups excluding carboxylic acids is 1. The molecule has 0 aliphatic heterocycles. The summed E-state index contributed by atoms with van der Waals surface area (Å²) in [4.78, 5) is 13.3. The van der Waals surface area contributed by atoms with E-state index >= 15 is 0 Å². The number of carbonyl (C=O) groups is 1. The maximum Gasteiger partial charge on any atom is 0.236 e. The van der Waals surface area contributed by atoms with Crippen molar-refractivity contribution in [2.45, 2.75) is 5.92 Å². The molecule has 1 aromatic heterocycles. The Morgan fingerprint density at radius 1 is 0.655 bits per heavy atom. The first kappa shape index (κ1) is 17.3. The van der Waals surface area contributed by atoms with E-state index in [9.17, 15) is 4.79 Å². The van der Waals surface area contributed by atoms with Crippen LogP contribution in [0, 0.1) is 0 Å². The Labute approximate surface area is 168 Å². The molecule has 1 N–H and O–H groups in total. The van der Waals surface area contributed by atoms with Crippen molar-refractivity contribution in [2.24, 2.45) is 0 Å². The lowest BCUT2D eigenvalue weighted by atomic mass is 9.90. The Balaban J connectivity index is 1.51. The Morgan fingerprint density at radius 2 is 1.24 bits per heavy atom. The van der Waals surface area contributed by atoms with E-state index in [1.807, 2.05) is 103 Å². The molecule has 4 aromatic carbocycles. The molecule has 0 aliphatic carbocycles. The summed E-state index contributed by atoms with van der Waals surface area (Å²) in [6, 6.07) is 33.4. The van der Waals surface area contributed by atoms with Crippen LogP contribution < -0.4 is 5.32 Å². The van der Waals surface area contributed by atoms with E-state index in [0.717, 1.165) is 38.8 Å². The normalized spacial score (nSPS) is 11.2. The number of anilines is 1. The van der Waals surface area contributed by atoms with Crippen LogP contribution in [0.3, 0.4) is 0 Å². The first-order valence-electron chi connectivity index (χ1n) is 9.62. The van der Waals surface area contributed by atoms with Crippen LogP contribution in [0.5, 0.6) is 0 Å². The zero-order chi connectivity index (χ0) is 19.6. The fourth-order valence-electron chi connectivity index (χ4n) is 3.80. The van der Waals surface area contributed by atoms with Crippen molar-refractivity contribution < 1.29 is 9.21 Å². The highest BCUT2D eigenvalue weighted by molar-refractivity contribution is 6.07. The van der Waals surface area contributed by atoms with Crippen LogP contribution in [-0.2, 0) is 4.79 Å². The van der Waals surface area contributed by atoms with Gasteiger partial charge >= 0.3 is 0 Å². The minimum atomic E-state index is -0.385. The molecule has 0 radical (unpaired) electrons. The molecule has 0 aliphatic rings. The molecule has 0 atom stereocenters. The minimum absolute atomic E-state index is 0.0714. The summed E-state index contributed by atoms with van der Waals surface area (Å²) in [5, 5.41) is 5.20. The van der Waals surface area contributed by atoms with Gasteiger partial charge in [-0.25, -0.2) is 0 Å². The summed E-state index contributed by atoms with van der Waals surface area (Å²) in [5.41, 5.74) is 4.25. The van der Waals surface area contributed by atoms with E-state index in [2.05, 4.69) is 5.32 Å². The Bertz CT molecular complexity index is 1250. The minimum Gasteiger partial charge on any atom is -0.456 e. The first-order chi connectivity index (χ1) is 14.3. The molecule has 0 saturated carbocycles. The Morgan fingerprint density at radius 3 is 1.93 bits per heavy atom. The zero-order valence-electron chi connectivity index (χ0n) is 15.7. The lowest BCUT2D eigenvalue weighted by Crippen LogP contribution is -2.22. The summed E-state index contributed by atoms with van der Waals surface area (Å²) in [7, 11) is 0. The average Bonchev–Trinajstić information content (AvgIpc) is 3.13. The summed E-state index contributed by atoms with van der Waals surface area (Å²) in [6.45, 7) is 0. The predicted octanol–water partition coefficient (Wildman–Crippen LogP) is 6.36. The number of amides is 1. The molecule has 5 aromatic rings.